The number of hydrogen-bond acceptors (Lipinski definition) is 3. The third kappa shape index (κ3) is 5.63. The van der Waals surface area contributed by atoms with Crippen molar-refractivity contribution in [2.45, 2.75) is 45.7 Å². The van der Waals surface area contributed by atoms with Crippen LogP contribution in [0.5, 0.6) is 0 Å². The minimum absolute atomic E-state index is 0.155. The zero-order valence-corrected chi connectivity index (χ0v) is 14.4. The Bertz CT molecular complexity index is 470. The van der Waals surface area contributed by atoms with E-state index in [4.69, 9.17) is 0 Å². The lowest BCUT2D eigenvalue weighted by Crippen LogP contribution is -2.46. The number of benzene rings is 1. The predicted octanol–water partition coefficient (Wildman–Crippen LogP) is 2.52. The lowest BCUT2D eigenvalue weighted by molar-refractivity contribution is -0.134. The molecule has 0 bridgehead atoms. The Hall–Kier alpha value is -1.39. The Labute approximate surface area is 140 Å². The van der Waals surface area contributed by atoms with Gasteiger partial charge in [-0.15, -0.1) is 0 Å². The summed E-state index contributed by atoms with van der Waals surface area (Å²) in [5.41, 5.74) is 1.21. The van der Waals surface area contributed by atoms with Gasteiger partial charge < -0.3 is 10.0 Å². The first-order chi connectivity index (χ1) is 11.1. The van der Waals surface area contributed by atoms with Gasteiger partial charge >= 0.3 is 0 Å². The number of hydrogen-bond donors (Lipinski definition) is 1. The van der Waals surface area contributed by atoms with Crippen molar-refractivity contribution in [2.75, 3.05) is 26.2 Å². The number of piperidine rings is 1. The lowest BCUT2D eigenvalue weighted by atomic mass is 9.99. The van der Waals surface area contributed by atoms with Gasteiger partial charge in [-0.2, -0.15) is 0 Å². The third-order valence-corrected chi connectivity index (χ3v) is 4.87. The molecule has 1 amide bonds. The quantitative estimate of drug-likeness (QED) is 0.840. The van der Waals surface area contributed by atoms with Crippen LogP contribution < -0.4 is 0 Å². The lowest BCUT2D eigenvalue weighted by Gasteiger charge is -2.34. The normalized spacial score (nSPS) is 17.5. The van der Waals surface area contributed by atoms with Crippen molar-refractivity contribution in [3.05, 3.63) is 35.9 Å². The molecule has 4 heteroatoms. The summed E-state index contributed by atoms with van der Waals surface area (Å²) in [6.45, 7) is 7.45. The zero-order chi connectivity index (χ0) is 16.7. The Kier molecular flexibility index (Phi) is 7.06. The van der Waals surface area contributed by atoms with E-state index in [1.165, 1.54) is 5.56 Å². The second-order valence-corrected chi connectivity index (χ2v) is 6.82. The topological polar surface area (TPSA) is 43.8 Å². The second-order valence-electron chi connectivity index (χ2n) is 6.82. The first-order valence-corrected chi connectivity index (χ1v) is 8.76. The molecule has 2 rings (SSSR count). The molecule has 1 unspecified atom stereocenters. The highest BCUT2D eigenvalue weighted by atomic mass is 16.3. The van der Waals surface area contributed by atoms with Crippen LogP contribution in [-0.4, -0.2) is 53.1 Å². The number of aliphatic hydroxyl groups is 1. The molecule has 1 aromatic carbocycles. The number of amides is 1. The van der Waals surface area contributed by atoms with Gasteiger partial charge in [0.2, 0.25) is 5.91 Å². The van der Waals surface area contributed by atoms with E-state index >= 15 is 0 Å². The summed E-state index contributed by atoms with van der Waals surface area (Å²) in [6, 6.07) is 10.4. The van der Waals surface area contributed by atoms with E-state index in [-0.39, 0.29) is 18.6 Å². The van der Waals surface area contributed by atoms with Gasteiger partial charge in [0.15, 0.2) is 0 Å². The molecule has 1 aliphatic rings. The molecule has 1 N–H and O–H groups in total. The highest BCUT2D eigenvalue weighted by molar-refractivity contribution is 5.78. The number of carbonyl (C=O) groups is 1. The van der Waals surface area contributed by atoms with Crippen molar-refractivity contribution >= 4 is 5.91 Å². The molecule has 1 saturated heterocycles. The highest BCUT2D eigenvalue weighted by Gasteiger charge is 2.24. The van der Waals surface area contributed by atoms with Gasteiger partial charge in [-0.3, -0.25) is 9.69 Å². The van der Waals surface area contributed by atoms with E-state index in [1.54, 1.807) is 0 Å². The summed E-state index contributed by atoms with van der Waals surface area (Å²) < 4.78 is 0. The summed E-state index contributed by atoms with van der Waals surface area (Å²) in [4.78, 5) is 16.8. The van der Waals surface area contributed by atoms with Crippen molar-refractivity contribution in [2.24, 2.45) is 5.92 Å². The van der Waals surface area contributed by atoms with Crippen LogP contribution in [-0.2, 0) is 11.3 Å². The summed E-state index contributed by atoms with van der Waals surface area (Å²) in [7, 11) is 0. The minimum Gasteiger partial charge on any atom is -0.396 e. The summed E-state index contributed by atoms with van der Waals surface area (Å²) in [5, 5.41) is 9.24. The van der Waals surface area contributed by atoms with Crippen LogP contribution in [0, 0.1) is 5.92 Å². The first-order valence-electron chi connectivity index (χ1n) is 8.76. The predicted molar refractivity (Wildman–Crippen MR) is 93.0 cm³/mol. The molecule has 23 heavy (non-hydrogen) atoms. The van der Waals surface area contributed by atoms with Crippen LogP contribution >= 0.6 is 0 Å². The Balaban J connectivity index is 1.97. The molecule has 0 radical (unpaired) electrons. The fourth-order valence-electron chi connectivity index (χ4n) is 3.09. The molecular weight excluding hydrogens is 288 g/mol. The summed E-state index contributed by atoms with van der Waals surface area (Å²) in [5.74, 6) is 0.949. The van der Waals surface area contributed by atoms with Crippen LogP contribution in [0.25, 0.3) is 0 Å². The van der Waals surface area contributed by atoms with Gasteiger partial charge in [0, 0.05) is 32.3 Å². The van der Waals surface area contributed by atoms with Crippen molar-refractivity contribution in [1.82, 2.24) is 9.80 Å². The van der Waals surface area contributed by atoms with Crippen LogP contribution in [0.15, 0.2) is 30.3 Å². The smallest absolute Gasteiger partial charge is 0.236 e. The SMILES string of the molecule is CC1CCN(C(=O)CN(Cc2ccccc2)C(C)CCO)CC1. The first kappa shape index (κ1) is 18.0. The van der Waals surface area contributed by atoms with E-state index in [0.29, 0.717) is 13.0 Å². The minimum atomic E-state index is 0.155. The van der Waals surface area contributed by atoms with Gasteiger partial charge in [-0.1, -0.05) is 37.3 Å². The van der Waals surface area contributed by atoms with Crippen LogP contribution in [0.4, 0.5) is 0 Å². The van der Waals surface area contributed by atoms with Gasteiger partial charge in [0.05, 0.1) is 6.54 Å². The van der Waals surface area contributed by atoms with Crippen LogP contribution in [0.1, 0.15) is 38.7 Å². The van der Waals surface area contributed by atoms with Crippen molar-refractivity contribution in [1.29, 1.82) is 0 Å². The molecule has 1 fully saturated rings. The summed E-state index contributed by atoms with van der Waals surface area (Å²) in [6.07, 6.45) is 2.91. The molecule has 0 spiro atoms. The second kappa shape index (κ2) is 9.04. The zero-order valence-electron chi connectivity index (χ0n) is 14.4. The van der Waals surface area contributed by atoms with E-state index in [0.717, 1.165) is 38.4 Å². The van der Waals surface area contributed by atoms with Gasteiger partial charge in [0.25, 0.3) is 0 Å². The molecule has 0 aromatic heterocycles. The summed E-state index contributed by atoms with van der Waals surface area (Å²) >= 11 is 0. The Morgan fingerprint density at radius 2 is 1.96 bits per heavy atom. The average Bonchev–Trinajstić information content (AvgIpc) is 2.56. The number of rotatable bonds is 7. The van der Waals surface area contributed by atoms with E-state index in [9.17, 15) is 9.90 Å². The number of carbonyl (C=O) groups excluding carboxylic acids is 1. The molecule has 1 aliphatic heterocycles. The molecule has 1 aromatic rings. The van der Waals surface area contributed by atoms with Gasteiger partial charge in [-0.05, 0) is 37.7 Å². The highest BCUT2D eigenvalue weighted by Crippen LogP contribution is 2.17. The molecule has 1 heterocycles. The number of nitrogens with zero attached hydrogens (tertiary/aromatic N) is 2. The van der Waals surface area contributed by atoms with Gasteiger partial charge in [-0.25, -0.2) is 0 Å². The largest absolute Gasteiger partial charge is 0.396 e. The molecule has 128 valence electrons. The Morgan fingerprint density at radius 1 is 1.30 bits per heavy atom. The third-order valence-electron chi connectivity index (χ3n) is 4.87. The molecule has 1 atom stereocenters. The van der Waals surface area contributed by atoms with Crippen LogP contribution in [0.2, 0.25) is 0 Å². The molecular formula is C19H30N2O2. The monoisotopic (exact) mass is 318 g/mol. The van der Waals surface area contributed by atoms with E-state index < -0.39 is 0 Å². The Morgan fingerprint density at radius 3 is 2.57 bits per heavy atom. The van der Waals surface area contributed by atoms with Crippen molar-refractivity contribution in [3.8, 4) is 0 Å². The number of likely N-dealkylation sites (tertiary alicyclic amines) is 1. The average molecular weight is 318 g/mol. The fraction of sp³-hybridized carbons (Fsp3) is 0.632. The van der Waals surface area contributed by atoms with Crippen LogP contribution in [0.3, 0.4) is 0 Å². The maximum atomic E-state index is 12.6. The van der Waals surface area contributed by atoms with E-state index in [1.807, 2.05) is 23.1 Å². The van der Waals surface area contributed by atoms with Gasteiger partial charge in [0.1, 0.15) is 0 Å². The molecule has 0 aliphatic carbocycles. The molecule has 0 saturated carbocycles. The van der Waals surface area contributed by atoms with Crippen molar-refractivity contribution < 1.29 is 9.90 Å². The maximum absolute atomic E-state index is 12.6. The standard InChI is InChI=1S/C19H30N2O2/c1-16-8-11-20(12-9-16)19(23)15-21(17(2)10-13-22)14-18-6-4-3-5-7-18/h3-7,16-17,22H,8-15H2,1-2H3. The fourth-order valence-corrected chi connectivity index (χ4v) is 3.09. The van der Waals surface area contributed by atoms with E-state index in [2.05, 4.69) is 30.9 Å². The molecule has 4 nitrogen and oxygen atoms in total. The maximum Gasteiger partial charge on any atom is 0.236 e. The van der Waals surface area contributed by atoms with Crippen molar-refractivity contribution in [3.63, 3.8) is 0 Å². The number of aliphatic hydroxyl groups excluding tert-OH is 1.